The van der Waals surface area contributed by atoms with E-state index in [9.17, 15) is 0 Å². The molecule has 0 aliphatic heterocycles. The summed E-state index contributed by atoms with van der Waals surface area (Å²) in [4.78, 5) is 4.59. The molecule has 1 nitrogen and oxygen atoms in total. The quantitative estimate of drug-likeness (QED) is 0.564. The summed E-state index contributed by atoms with van der Waals surface area (Å²) in [5.74, 6) is 1.57. The maximum atomic E-state index is 4.59. The van der Waals surface area contributed by atoms with Crippen LogP contribution in [0.5, 0.6) is 0 Å². The number of allylic oxidation sites excluding steroid dienone is 1. The molecule has 3 rings (SSSR count). The van der Waals surface area contributed by atoms with Crippen LogP contribution in [0.25, 0.3) is 6.08 Å². The van der Waals surface area contributed by atoms with Gasteiger partial charge in [0.05, 0.1) is 5.69 Å². The van der Waals surface area contributed by atoms with E-state index >= 15 is 0 Å². The number of aromatic nitrogens is 1. The lowest BCUT2D eigenvalue weighted by atomic mass is 10.0. The van der Waals surface area contributed by atoms with Crippen LogP contribution in [0.15, 0.2) is 18.2 Å². The number of pyridine rings is 1. The minimum Gasteiger partial charge on any atom is -0.257 e. The first-order valence-corrected chi connectivity index (χ1v) is 4.50. The third kappa shape index (κ3) is 0.765. The summed E-state index contributed by atoms with van der Waals surface area (Å²) in [5.41, 5.74) is 3.82. The van der Waals surface area contributed by atoms with E-state index < -0.39 is 0 Å². The summed E-state index contributed by atoms with van der Waals surface area (Å²) < 4.78 is 0. The van der Waals surface area contributed by atoms with Gasteiger partial charge in [-0.1, -0.05) is 18.2 Å². The van der Waals surface area contributed by atoms with Gasteiger partial charge in [-0.2, -0.15) is 0 Å². The Morgan fingerprint density at radius 3 is 3.25 bits per heavy atom. The van der Waals surface area contributed by atoms with E-state index in [1.807, 2.05) is 0 Å². The monoisotopic (exact) mass is 157 g/mol. The number of rotatable bonds is 0. The lowest BCUT2D eigenvalue weighted by Crippen LogP contribution is -1.97. The molecule has 0 spiro atoms. The third-order valence-electron chi connectivity index (χ3n) is 2.81. The molecule has 1 fully saturated rings. The fourth-order valence-corrected chi connectivity index (χ4v) is 1.99. The van der Waals surface area contributed by atoms with E-state index in [1.54, 1.807) is 0 Å². The molecule has 12 heavy (non-hydrogen) atoms. The summed E-state index contributed by atoms with van der Waals surface area (Å²) in [7, 11) is 0. The zero-order chi connectivity index (χ0) is 8.13. The first-order chi connectivity index (χ1) is 5.84. The number of fused-ring (bicyclic) bond motifs is 3. The second kappa shape index (κ2) is 1.98. The first kappa shape index (κ1) is 6.41. The Morgan fingerprint density at radius 1 is 1.42 bits per heavy atom. The second-order valence-electron chi connectivity index (χ2n) is 3.79. The third-order valence-corrected chi connectivity index (χ3v) is 2.81. The average molecular weight is 157 g/mol. The van der Waals surface area contributed by atoms with E-state index in [0.29, 0.717) is 0 Å². The van der Waals surface area contributed by atoms with E-state index in [-0.39, 0.29) is 0 Å². The fourth-order valence-electron chi connectivity index (χ4n) is 1.99. The SMILES string of the molecule is Cc1ccc2c(n1)C1CC1C=C2. The molecular weight excluding hydrogens is 146 g/mol. The second-order valence-corrected chi connectivity index (χ2v) is 3.79. The molecule has 2 atom stereocenters. The Hall–Kier alpha value is -1.11. The van der Waals surface area contributed by atoms with E-state index in [0.717, 1.165) is 17.5 Å². The van der Waals surface area contributed by atoms with Crippen LogP contribution in [0.3, 0.4) is 0 Å². The van der Waals surface area contributed by atoms with Crippen molar-refractivity contribution >= 4 is 6.08 Å². The lowest BCUT2D eigenvalue weighted by Gasteiger charge is -2.08. The highest BCUT2D eigenvalue weighted by Crippen LogP contribution is 2.51. The summed E-state index contributed by atoms with van der Waals surface area (Å²) in [6.45, 7) is 2.07. The molecular formula is C11H11N. The molecule has 1 heteroatoms. The molecule has 0 radical (unpaired) electrons. The predicted octanol–water partition coefficient (Wildman–Crippen LogP) is 2.52. The van der Waals surface area contributed by atoms with Crippen molar-refractivity contribution in [3.63, 3.8) is 0 Å². The van der Waals surface area contributed by atoms with Crippen LogP contribution in [-0.4, -0.2) is 4.98 Å². The van der Waals surface area contributed by atoms with Gasteiger partial charge in [-0.3, -0.25) is 4.98 Å². The molecule has 0 aromatic carbocycles. The minimum atomic E-state index is 0.755. The molecule has 1 saturated carbocycles. The Morgan fingerprint density at radius 2 is 2.33 bits per heavy atom. The highest BCUT2D eigenvalue weighted by atomic mass is 14.7. The Labute approximate surface area is 72.1 Å². The summed E-state index contributed by atoms with van der Waals surface area (Å²) in [6.07, 6.45) is 5.86. The van der Waals surface area contributed by atoms with Crippen LogP contribution in [0.2, 0.25) is 0 Å². The zero-order valence-corrected chi connectivity index (χ0v) is 7.12. The van der Waals surface area contributed by atoms with Gasteiger partial charge in [-0.25, -0.2) is 0 Å². The van der Waals surface area contributed by atoms with Crippen LogP contribution in [0.1, 0.15) is 29.3 Å². The summed E-state index contributed by atoms with van der Waals surface area (Å²) in [5, 5.41) is 0. The smallest absolute Gasteiger partial charge is 0.0515 e. The Kier molecular flexibility index (Phi) is 1.06. The van der Waals surface area contributed by atoms with Crippen molar-refractivity contribution in [1.29, 1.82) is 0 Å². The maximum Gasteiger partial charge on any atom is 0.0515 e. The van der Waals surface area contributed by atoms with Crippen molar-refractivity contribution in [2.45, 2.75) is 19.3 Å². The molecule has 60 valence electrons. The van der Waals surface area contributed by atoms with Gasteiger partial charge in [0.2, 0.25) is 0 Å². The molecule has 0 saturated heterocycles. The van der Waals surface area contributed by atoms with E-state index in [1.165, 1.54) is 17.7 Å². The van der Waals surface area contributed by atoms with Crippen LogP contribution >= 0.6 is 0 Å². The van der Waals surface area contributed by atoms with Gasteiger partial charge in [-0.05, 0) is 30.9 Å². The molecule has 1 aromatic heterocycles. The van der Waals surface area contributed by atoms with Crippen molar-refractivity contribution in [2.24, 2.45) is 5.92 Å². The van der Waals surface area contributed by atoms with Crippen LogP contribution in [-0.2, 0) is 0 Å². The predicted molar refractivity (Wildman–Crippen MR) is 48.9 cm³/mol. The number of hydrogen-bond donors (Lipinski definition) is 0. The fraction of sp³-hybridized carbons (Fsp3) is 0.364. The summed E-state index contributed by atoms with van der Waals surface area (Å²) >= 11 is 0. The van der Waals surface area contributed by atoms with Crippen molar-refractivity contribution in [3.05, 3.63) is 35.2 Å². The normalized spacial score (nSPS) is 29.4. The zero-order valence-electron chi connectivity index (χ0n) is 7.12. The van der Waals surface area contributed by atoms with Gasteiger partial charge in [0.25, 0.3) is 0 Å². The molecule has 1 heterocycles. The molecule has 0 N–H and O–H groups in total. The average Bonchev–Trinajstić information content (AvgIpc) is 2.82. The molecule has 0 bridgehead atoms. The van der Waals surface area contributed by atoms with Gasteiger partial charge in [0.1, 0.15) is 0 Å². The maximum absolute atomic E-state index is 4.59. The van der Waals surface area contributed by atoms with Gasteiger partial charge >= 0.3 is 0 Å². The molecule has 1 aromatic rings. The van der Waals surface area contributed by atoms with Crippen molar-refractivity contribution in [3.8, 4) is 0 Å². The standard InChI is InChI=1S/C11H11N/c1-7-2-3-8-4-5-9-6-10(9)11(8)12-7/h2-5,9-10H,6H2,1H3. The number of hydrogen-bond acceptors (Lipinski definition) is 1. The van der Waals surface area contributed by atoms with Crippen LogP contribution < -0.4 is 0 Å². The van der Waals surface area contributed by atoms with Gasteiger partial charge < -0.3 is 0 Å². The largest absolute Gasteiger partial charge is 0.257 e. The van der Waals surface area contributed by atoms with Crippen molar-refractivity contribution < 1.29 is 0 Å². The highest BCUT2D eigenvalue weighted by molar-refractivity contribution is 5.59. The van der Waals surface area contributed by atoms with Gasteiger partial charge in [0, 0.05) is 11.6 Å². The molecule has 2 unspecified atom stereocenters. The van der Waals surface area contributed by atoms with E-state index in [4.69, 9.17) is 0 Å². The van der Waals surface area contributed by atoms with Crippen LogP contribution in [0.4, 0.5) is 0 Å². The molecule has 2 aliphatic carbocycles. The van der Waals surface area contributed by atoms with Crippen LogP contribution in [0, 0.1) is 12.8 Å². The van der Waals surface area contributed by atoms with Crippen molar-refractivity contribution in [1.82, 2.24) is 4.98 Å². The number of nitrogens with zero attached hydrogens (tertiary/aromatic N) is 1. The molecule has 0 amide bonds. The summed E-state index contributed by atoms with van der Waals surface area (Å²) in [6, 6.07) is 4.27. The van der Waals surface area contributed by atoms with E-state index in [2.05, 4.69) is 36.2 Å². The Bertz CT molecular complexity index is 365. The highest BCUT2D eigenvalue weighted by Gasteiger charge is 2.40. The van der Waals surface area contributed by atoms with Gasteiger partial charge in [-0.15, -0.1) is 0 Å². The number of aryl methyl sites for hydroxylation is 1. The lowest BCUT2D eigenvalue weighted by molar-refractivity contribution is 0.923. The molecule has 2 aliphatic rings. The topological polar surface area (TPSA) is 12.9 Å². The minimum absolute atomic E-state index is 0.755. The van der Waals surface area contributed by atoms with Crippen molar-refractivity contribution in [2.75, 3.05) is 0 Å². The first-order valence-electron chi connectivity index (χ1n) is 4.50. The van der Waals surface area contributed by atoms with Gasteiger partial charge in [0.15, 0.2) is 0 Å². The Balaban J connectivity index is 2.22.